The Hall–Kier alpha value is -2.86. The molecule has 8 nitrogen and oxygen atoms in total. The van der Waals surface area contributed by atoms with Gasteiger partial charge in [-0.3, -0.25) is 14.4 Å². The number of hydrogen-bond donors (Lipinski definition) is 1. The summed E-state index contributed by atoms with van der Waals surface area (Å²) in [6.07, 6.45) is 0. The molecule has 1 N–H and O–H groups in total. The number of aryl methyl sites for hydroxylation is 1. The molecule has 3 amide bonds. The molecule has 0 atom stereocenters. The number of amides is 3. The zero-order chi connectivity index (χ0) is 22.5. The number of fused-ring (bicyclic) bond motifs is 1. The topological polar surface area (TPSA) is 104 Å². The molecule has 0 spiro atoms. The van der Waals surface area contributed by atoms with Gasteiger partial charge >= 0.3 is 0 Å². The average Bonchev–Trinajstić information content (AvgIpc) is 3.15. The smallest absolute Gasteiger partial charge is 0.274 e. The van der Waals surface area contributed by atoms with E-state index < -0.39 is 27.7 Å². The summed E-state index contributed by atoms with van der Waals surface area (Å²) in [5.74, 6) is -1.94. The summed E-state index contributed by atoms with van der Waals surface area (Å²) in [5.41, 5.74) is 1.66. The lowest BCUT2D eigenvalue weighted by Gasteiger charge is -2.16. The Bertz CT molecular complexity index is 1300. The third kappa shape index (κ3) is 3.59. The Kier molecular flexibility index (Phi) is 5.30. The maximum Gasteiger partial charge on any atom is 0.282 e. The first-order valence-electron chi connectivity index (χ1n) is 8.96. The Morgan fingerprint density at radius 2 is 1.68 bits per heavy atom. The number of hydrogen-bond acceptors (Lipinski definition) is 7. The van der Waals surface area contributed by atoms with Crippen LogP contribution in [0.2, 0.25) is 0 Å². The summed E-state index contributed by atoms with van der Waals surface area (Å²) in [6.45, 7) is 3.07. The number of rotatable bonds is 3. The molecule has 0 bridgehead atoms. The molecule has 0 unspecified atom stereocenters. The highest BCUT2D eigenvalue weighted by atomic mass is 32.2. The van der Waals surface area contributed by atoms with E-state index in [9.17, 15) is 22.8 Å². The van der Waals surface area contributed by atoms with Crippen LogP contribution in [0, 0.1) is 6.92 Å². The minimum absolute atomic E-state index is 0.0141. The Morgan fingerprint density at radius 1 is 1.03 bits per heavy atom. The van der Waals surface area contributed by atoms with E-state index in [0.717, 1.165) is 27.2 Å². The van der Waals surface area contributed by atoms with E-state index in [-0.39, 0.29) is 19.7 Å². The summed E-state index contributed by atoms with van der Waals surface area (Å²) in [6, 6.07) is 12.7. The van der Waals surface area contributed by atoms with Crippen LogP contribution in [0.5, 0.6) is 0 Å². The van der Waals surface area contributed by atoms with Gasteiger partial charge in [0.25, 0.3) is 21.8 Å². The molecule has 2 aliphatic heterocycles. The number of para-hydroxylation sites is 1. The molecule has 0 aliphatic carbocycles. The van der Waals surface area contributed by atoms with Crippen LogP contribution in [-0.4, -0.2) is 35.5 Å². The van der Waals surface area contributed by atoms with Crippen LogP contribution in [0.3, 0.4) is 0 Å². The van der Waals surface area contributed by atoms with Gasteiger partial charge in [0, 0.05) is 12.5 Å². The van der Waals surface area contributed by atoms with Gasteiger partial charge in [-0.15, -0.1) is 4.83 Å². The highest BCUT2D eigenvalue weighted by molar-refractivity contribution is 8.26. The number of benzene rings is 2. The van der Waals surface area contributed by atoms with Gasteiger partial charge < -0.3 is 0 Å². The summed E-state index contributed by atoms with van der Waals surface area (Å²) in [7, 11) is -4.09. The Balaban J connectivity index is 1.73. The van der Waals surface area contributed by atoms with Crippen molar-refractivity contribution in [3.05, 3.63) is 64.6 Å². The van der Waals surface area contributed by atoms with Crippen molar-refractivity contribution >= 4 is 67.3 Å². The predicted molar refractivity (Wildman–Crippen MR) is 120 cm³/mol. The van der Waals surface area contributed by atoms with Crippen molar-refractivity contribution in [1.82, 2.24) is 9.84 Å². The van der Waals surface area contributed by atoms with Gasteiger partial charge in [-0.05, 0) is 25.1 Å². The monoisotopic (exact) mass is 473 g/mol. The summed E-state index contributed by atoms with van der Waals surface area (Å²) < 4.78 is 25.4. The van der Waals surface area contributed by atoms with Crippen molar-refractivity contribution in [2.75, 3.05) is 4.90 Å². The number of imide groups is 1. The fraction of sp³-hybridized carbons (Fsp3) is 0.100. The first-order valence-corrected chi connectivity index (χ1v) is 11.7. The van der Waals surface area contributed by atoms with Gasteiger partial charge in [0.05, 0.1) is 21.1 Å². The number of nitrogens with one attached hydrogen (secondary N) is 1. The van der Waals surface area contributed by atoms with Crippen LogP contribution in [0.15, 0.2) is 58.3 Å². The molecule has 31 heavy (non-hydrogen) atoms. The first kappa shape index (κ1) is 21.4. The molecule has 0 saturated carbocycles. The van der Waals surface area contributed by atoms with Gasteiger partial charge in [-0.2, -0.15) is 0 Å². The molecular weight excluding hydrogens is 458 g/mol. The van der Waals surface area contributed by atoms with Gasteiger partial charge in [0.1, 0.15) is 0 Å². The zero-order valence-electron chi connectivity index (χ0n) is 16.3. The molecule has 0 aromatic heterocycles. The standard InChI is InChI=1S/C20H15N3O5S3/c1-11-7-9-13(10-8-11)31(27,28)21-23-19(26)17(30-20(23)29)16-14-5-3-4-6-15(14)22(12(2)24)18(16)25/h3-10,21H,1-2H3. The third-order valence-electron chi connectivity index (χ3n) is 4.69. The van der Waals surface area contributed by atoms with Crippen LogP contribution < -0.4 is 9.73 Å². The molecule has 1 fully saturated rings. The second-order valence-corrected chi connectivity index (χ2v) is 10.1. The quantitative estimate of drug-likeness (QED) is 0.539. The van der Waals surface area contributed by atoms with E-state index in [4.69, 9.17) is 12.2 Å². The molecule has 1 saturated heterocycles. The maximum absolute atomic E-state index is 13.1. The maximum atomic E-state index is 13.1. The van der Waals surface area contributed by atoms with E-state index in [0.29, 0.717) is 11.3 Å². The van der Waals surface area contributed by atoms with Crippen LogP contribution >= 0.6 is 24.0 Å². The van der Waals surface area contributed by atoms with E-state index in [1.807, 2.05) is 6.92 Å². The summed E-state index contributed by atoms with van der Waals surface area (Å²) in [5, 5.41) is 0.726. The Labute approximate surface area is 187 Å². The van der Waals surface area contributed by atoms with E-state index in [1.54, 1.807) is 36.4 Å². The van der Waals surface area contributed by atoms with E-state index >= 15 is 0 Å². The minimum Gasteiger partial charge on any atom is -0.274 e. The largest absolute Gasteiger partial charge is 0.282 e. The third-order valence-corrected chi connectivity index (χ3v) is 7.37. The van der Waals surface area contributed by atoms with Crippen molar-refractivity contribution in [2.45, 2.75) is 18.7 Å². The van der Waals surface area contributed by atoms with E-state index in [1.165, 1.54) is 19.1 Å². The second-order valence-electron chi connectivity index (χ2n) is 6.80. The average molecular weight is 474 g/mol. The number of hydrazine groups is 1. The van der Waals surface area contributed by atoms with Gasteiger partial charge in [-0.1, -0.05) is 59.9 Å². The Morgan fingerprint density at radius 3 is 2.32 bits per heavy atom. The number of sulfonamides is 1. The predicted octanol–water partition coefficient (Wildman–Crippen LogP) is 2.35. The zero-order valence-corrected chi connectivity index (χ0v) is 18.7. The summed E-state index contributed by atoms with van der Waals surface area (Å²) in [4.78, 5) is 41.1. The molecule has 2 aromatic rings. The van der Waals surface area contributed by atoms with Crippen molar-refractivity contribution in [2.24, 2.45) is 0 Å². The molecule has 0 radical (unpaired) electrons. The number of carbonyl (C=O) groups is 3. The van der Waals surface area contributed by atoms with Crippen LogP contribution in [0.4, 0.5) is 5.69 Å². The molecule has 2 aromatic carbocycles. The lowest BCUT2D eigenvalue weighted by atomic mass is 10.1. The lowest BCUT2D eigenvalue weighted by molar-refractivity contribution is -0.124. The van der Waals surface area contributed by atoms with Gasteiger partial charge in [-0.25, -0.2) is 18.3 Å². The number of thioether (sulfide) groups is 1. The normalized spacial score (nSPS) is 18.7. The van der Waals surface area contributed by atoms with Crippen molar-refractivity contribution in [1.29, 1.82) is 0 Å². The minimum atomic E-state index is -4.09. The number of nitrogens with zero attached hydrogens (tertiary/aromatic N) is 2. The first-order chi connectivity index (χ1) is 14.6. The molecule has 2 heterocycles. The number of anilines is 1. The SMILES string of the molecule is CC(=O)N1C(=O)C(=C2SC(=S)N(NS(=O)(=O)c3ccc(C)cc3)C2=O)c2ccccc21. The van der Waals surface area contributed by atoms with Gasteiger partial charge in [0.15, 0.2) is 4.32 Å². The van der Waals surface area contributed by atoms with Crippen LogP contribution in [0.1, 0.15) is 18.1 Å². The molecule has 2 aliphatic rings. The van der Waals surface area contributed by atoms with Crippen LogP contribution in [-0.2, 0) is 24.4 Å². The highest BCUT2D eigenvalue weighted by Gasteiger charge is 2.44. The second kappa shape index (κ2) is 7.68. The molecule has 158 valence electrons. The summed E-state index contributed by atoms with van der Waals surface area (Å²) >= 11 is 6.00. The highest BCUT2D eigenvalue weighted by Crippen LogP contribution is 2.44. The number of carbonyl (C=O) groups excluding carboxylic acids is 3. The number of thiocarbonyl (C=S) groups is 1. The van der Waals surface area contributed by atoms with Crippen LogP contribution in [0.25, 0.3) is 5.57 Å². The lowest BCUT2D eigenvalue weighted by Crippen LogP contribution is -2.44. The fourth-order valence-electron chi connectivity index (χ4n) is 3.24. The van der Waals surface area contributed by atoms with Crippen molar-refractivity contribution in [3.63, 3.8) is 0 Å². The molecule has 11 heteroatoms. The van der Waals surface area contributed by atoms with Gasteiger partial charge in [0.2, 0.25) is 5.91 Å². The molecule has 4 rings (SSSR count). The molecular formula is C20H15N3O5S3. The van der Waals surface area contributed by atoms with Crippen molar-refractivity contribution in [3.8, 4) is 0 Å². The van der Waals surface area contributed by atoms with E-state index in [2.05, 4.69) is 4.83 Å². The van der Waals surface area contributed by atoms with Crippen molar-refractivity contribution < 1.29 is 22.8 Å². The fourth-order valence-corrected chi connectivity index (χ4v) is 5.62.